The van der Waals surface area contributed by atoms with Gasteiger partial charge in [-0.3, -0.25) is 14.1 Å². The molecule has 1 saturated heterocycles. The Balaban J connectivity index is 2.03. The van der Waals surface area contributed by atoms with Crippen molar-refractivity contribution in [2.24, 2.45) is 5.92 Å². The first kappa shape index (κ1) is 25.6. The van der Waals surface area contributed by atoms with Gasteiger partial charge in [0.25, 0.3) is 10.1 Å². The molecule has 11 nitrogen and oxygen atoms in total. The second-order valence-corrected chi connectivity index (χ2v) is 9.09. The first-order valence-electron chi connectivity index (χ1n) is 10.3. The molecule has 0 radical (unpaired) electrons. The van der Waals surface area contributed by atoms with Crippen LogP contribution in [0.4, 0.5) is 4.79 Å². The molecule has 4 atom stereocenters. The minimum Gasteiger partial charge on any atom is -0.445 e. The molecule has 1 aliphatic rings. The molecule has 0 spiro atoms. The van der Waals surface area contributed by atoms with E-state index in [0.29, 0.717) is 19.4 Å². The minimum absolute atomic E-state index is 0.00593. The molecule has 1 aromatic rings. The topological polar surface area (TPSA) is 171 Å². The average Bonchev–Trinajstić information content (AvgIpc) is 3.15. The van der Waals surface area contributed by atoms with Crippen LogP contribution in [0.2, 0.25) is 0 Å². The van der Waals surface area contributed by atoms with Gasteiger partial charge in [0.1, 0.15) is 12.6 Å². The molecule has 2 unspecified atom stereocenters. The molecule has 2 rings (SSSR count). The Bertz CT molecular complexity index is 893. The molecule has 0 bridgehead atoms. The van der Waals surface area contributed by atoms with Crippen LogP contribution < -0.4 is 16.0 Å². The third-order valence-electron chi connectivity index (χ3n) is 5.08. The Labute approximate surface area is 186 Å². The normalized spacial score (nSPS) is 18.8. The number of benzene rings is 1. The number of ether oxygens (including phenoxy) is 1. The molecule has 5 N–H and O–H groups in total. The van der Waals surface area contributed by atoms with E-state index in [-0.39, 0.29) is 25.4 Å². The highest BCUT2D eigenvalue weighted by Crippen LogP contribution is 2.19. The monoisotopic (exact) mass is 471 g/mol. The van der Waals surface area contributed by atoms with Crippen molar-refractivity contribution >= 4 is 28.0 Å². The molecule has 12 heteroatoms. The van der Waals surface area contributed by atoms with Crippen molar-refractivity contribution in [2.75, 3.05) is 6.54 Å². The summed E-state index contributed by atoms with van der Waals surface area (Å²) in [5.74, 6) is -1.74. The number of aliphatic hydroxyl groups excluding tert-OH is 1. The molecule has 0 aromatic heterocycles. The maximum Gasteiger partial charge on any atom is 0.408 e. The molecule has 1 aromatic carbocycles. The second kappa shape index (κ2) is 11.8. The van der Waals surface area contributed by atoms with Crippen LogP contribution in [-0.4, -0.2) is 60.0 Å². The summed E-state index contributed by atoms with van der Waals surface area (Å²) in [6.07, 6.45) is 0.0738. The molecule has 0 saturated carbocycles. The summed E-state index contributed by atoms with van der Waals surface area (Å²) in [6, 6.07) is 6.40. The summed E-state index contributed by atoms with van der Waals surface area (Å²) < 4.78 is 37.3. The van der Waals surface area contributed by atoms with Gasteiger partial charge < -0.3 is 25.8 Å². The van der Waals surface area contributed by atoms with Gasteiger partial charge in [-0.05, 0) is 24.8 Å². The lowest BCUT2D eigenvalue weighted by Gasteiger charge is -2.26. The molecule has 1 fully saturated rings. The van der Waals surface area contributed by atoms with Gasteiger partial charge in [0.15, 0.2) is 0 Å². The van der Waals surface area contributed by atoms with Gasteiger partial charge in [-0.15, -0.1) is 0 Å². The van der Waals surface area contributed by atoms with Crippen LogP contribution in [0.1, 0.15) is 38.2 Å². The highest BCUT2D eigenvalue weighted by molar-refractivity contribution is 7.86. The fourth-order valence-corrected chi connectivity index (χ4v) is 3.97. The number of hydrogen-bond acceptors (Lipinski definition) is 7. The molecule has 1 heterocycles. The van der Waals surface area contributed by atoms with Crippen LogP contribution >= 0.6 is 0 Å². The van der Waals surface area contributed by atoms with Gasteiger partial charge in [-0.2, -0.15) is 8.42 Å². The molecule has 178 valence electrons. The van der Waals surface area contributed by atoms with Crippen molar-refractivity contribution in [1.82, 2.24) is 16.0 Å². The molecular weight excluding hydrogens is 442 g/mol. The van der Waals surface area contributed by atoms with E-state index in [0.717, 1.165) is 5.56 Å². The maximum atomic E-state index is 12.8. The number of hydrogen-bond donors (Lipinski definition) is 5. The maximum absolute atomic E-state index is 12.8. The fraction of sp³-hybridized carbons (Fsp3) is 0.550. The summed E-state index contributed by atoms with van der Waals surface area (Å²) in [5.41, 5.74) is -1.57. The summed E-state index contributed by atoms with van der Waals surface area (Å²) in [7, 11) is -4.91. The van der Waals surface area contributed by atoms with Gasteiger partial charge in [0, 0.05) is 12.5 Å². The summed E-state index contributed by atoms with van der Waals surface area (Å²) in [6.45, 7) is 2.16. The van der Waals surface area contributed by atoms with Crippen LogP contribution in [0.25, 0.3) is 0 Å². The van der Waals surface area contributed by atoms with Gasteiger partial charge in [-0.1, -0.05) is 43.7 Å². The number of nitrogens with one attached hydrogen (secondary N) is 3. The molecule has 3 amide bonds. The van der Waals surface area contributed by atoms with Gasteiger partial charge in [-0.25, -0.2) is 4.79 Å². The Morgan fingerprint density at radius 1 is 1.25 bits per heavy atom. The van der Waals surface area contributed by atoms with Crippen LogP contribution in [0, 0.1) is 5.92 Å². The van der Waals surface area contributed by atoms with Crippen LogP contribution in [0.3, 0.4) is 0 Å². The van der Waals surface area contributed by atoms with Crippen molar-refractivity contribution in [1.29, 1.82) is 0 Å². The SMILES string of the molecule is CCC[C@H](NC(=O)OCc1ccccc1)C(=O)N[C@@H](CC1CCNC1=O)C(O)S(=O)(=O)O. The molecule has 32 heavy (non-hydrogen) atoms. The molecule has 1 aliphatic heterocycles. The quantitative estimate of drug-likeness (QED) is 0.287. The van der Waals surface area contributed by atoms with E-state index in [4.69, 9.17) is 4.74 Å². The number of carbonyl (C=O) groups is 3. The molecular formula is C20H29N3O8S. The third kappa shape index (κ3) is 7.77. The number of alkyl carbamates (subject to hydrolysis) is 1. The lowest BCUT2D eigenvalue weighted by molar-refractivity contribution is -0.126. The second-order valence-electron chi connectivity index (χ2n) is 7.58. The standard InChI is InChI=1S/C20H29N3O8S/c1-2-6-15(23-20(27)31-12-13-7-4-3-5-8-13)18(25)22-16(19(26)32(28,29)30)11-14-9-10-21-17(14)24/h3-5,7-8,14-16,19,26H,2,6,9-12H2,1H3,(H,21,24)(H,22,25)(H,23,27)(H,28,29,30)/t14?,15-,16-,19?/m0/s1. The largest absolute Gasteiger partial charge is 0.445 e. The number of carbonyl (C=O) groups excluding carboxylic acids is 3. The van der Waals surface area contributed by atoms with Crippen LogP contribution in [0.5, 0.6) is 0 Å². The lowest BCUT2D eigenvalue weighted by atomic mass is 9.98. The Morgan fingerprint density at radius 2 is 1.94 bits per heavy atom. The van der Waals surface area contributed by atoms with Gasteiger partial charge in [0.2, 0.25) is 17.3 Å². The number of amides is 3. The first-order valence-corrected chi connectivity index (χ1v) is 11.8. The van der Waals surface area contributed by atoms with E-state index < -0.39 is 45.6 Å². The van der Waals surface area contributed by atoms with Crippen molar-refractivity contribution in [3.8, 4) is 0 Å². The smallest absolute Gasteiger partial charge is 0.408 e. The fourth-order valence-electron chi connectivity index (χ4n) is 3.38. The van der Waals surface area contributed by atoms with Gasteiger partial charge >= 0.3 is 6.09 Å². The van der Waals surface area contributed by atoms with Crippen molar-refractivity contribution in [3.63, 3.8) is 0 Å². The van der Waals surface area contributed by atoms with E-state index in [2.05, 4.69) is 16.0 Å². The highest BCUT2D eigenvalue weighted by atomic mass is 32.2. The highest BCUT2D eigenvalue weighted by Gasteiger charge is 2.37. The van der Waals surface area contributed by atoms with Crippen LogP contribution in [0.15, 0.2) is 30.3 Å². The van der Waals surface area contributed by atoms with Crippen LogP contribution in [-0.2, 0) is 31.1 Å². The van der Waals surface area contributed by atoms with E-state index >= 15 is 0 Å². The minimum atomic E-state index is -4.91. The van der Waals surface area contributed by atoms with E-state index in [1.807, 2.05) is 6.07 Å². The average molecular weight is 472 g/mol. The van der Waals surface area contributed by atoms with E-state index in [1.54, 1.807) is 31.2 Å². The zero-order valence-corrected chi connectivity index (χ0v) is 18.5. The number of aliphatic hydroxyl groups is 1. The zero-order chi connectivity index (χ0) is 23.7. The Morgan fingerprint density at radius 3 is 2.50 bits per heavy atom. The predicted octanol–water partition coefficient (Wildman–Crippen LogP) is 0.299. The summed E-state index contributed by atoms with van der Waals surface area (Å²) >= 11 is 0. The first-order chi connectivity index (χ1) is 15.1. The predicted molar refractivity (Wildman–Crippen MR) is 114 cm³/mol. The Hall–Kier alpha value is -2.70. The molecule has 0 aliphatic carbocycles. The van der Waals surface area contributed by atoms with Crippen molar-refractivity contribution < 1.29 is 37.2 Å². The zero-order valence-electron chi connectivity index (χ0n) is 17.7. The number of rotatable bonds is 11. The van der Waals surface area contributed by atoms with Crippen molar-refractivity contribution in [3.05, 3.63) is 35.9 Å². The summed E-state index contributed by atoms with van der Waals surface area (Å²) in [5, 5.41) is 17.4. The third-order valence-corrected chi connectivity index (χ3v) is 6.02. The lowest BCUT2D eigenvalue weighted by Crippen LogP contribution is -2.54. The Kier molecular flexibility index (Phi) is 9.42. The van der Waals surface area contributed by atoms with E-state index in [1.165, 1.54) is 0 Å². The summed E-state index contributed by atoms with van der Waals surface area (Å²) in [4.78, 5) is 36.8. The van der Waals surface area contributed by atoms with E-state index in [9.17, 15) is 32.5 Å². The van der Waals surface area contributed by atoms with Crippen molar-refractivity contribution in [2.45, 2.75) is 56.7 Å². The van der Waals surface area contributed by atoms with Gasteiger partial charge in [0.05, 0.1) is 6.04 Å².